The third kappa shape index (κ3) is 3.86. The molecule has 13 heteroatoms. The lowest BCUT2D eigenvalue weighted by molar-refractivity contribution is -0.0436. The van der Waals surface area contributed by atoms with Crippen molar-refractivity contribution in [2.45, 2.75) is 29.3 Å². The van der Waals surface area contributed by atoms with Crippen LogP contribution in [0.1, 0.15) is 28.4 Å². The molecule has 0 spiro atoms. The molecule has 1 heterocycles. The van der Waals surface area contributed by atoms with Crippen LogP contribution in [-0.2, 0) is 21.8 Å². The van der Waals surface area contributed by atoms with Gasteiger partial charge in [-0.15, -0.1) is 0 Å². The van der Waals surface area contributed by atoms with Crippen LogP contribution in [-0.4, -0.2) is 34.8 Å². The summed E-state index contributed by atoms with van der Waals surface area (Å²) in [6, 6.07) is 10.3. The van der Waals surface area contributed by atoms with Crippen LogP contribution >= 0.6 is 0 Å². The van der Waals surface area contributed by atoms with Crippen LogP contribution in [0.5, 0.6) is 0 Å². The molecule has 164 valence electrons. The van der Waals surface area contributed by atoms with Gasteiger partial charge in [-0.1, -0.05) is 0 Å². The molecule has 0 saturated carbocycles. The second kappa shape index (κ2) is 7.62. The molecule has 3 rings (SSSR count). The van der Waals surface area contributed by atoms with Crippen molar-refractivity contribution >= 4 is 26.8 Å². The molecular formula is C19H13F3N6O3S. The number of halogens is 3. The van der Waals surface area contributed by atoms with Crippen LogP contribution in [0.15, 0.2) is 41.3 Å². The summed E-state index contributed by atoms with van der Waals surface area (Å²) in [6.45, 7) is 0.934. The highest BCUT2D eigenvalue weighted by atomic mass is 32.2. The summed E-state index contributed by atoms with van der Waals surface area (Å²) in [7, 11) is -5.74. The molecule has 1 amide bonds. The molecule has 2 N–H and O–H groups in total. The first-order chi connectivity index (χ1) is 14.8. The number of alkyl halides is 3. The maximum Gasteiger partial charge on any atom is 0.501 e. The Kier molecular flexibility index (Phi) is 5.41. The number of primary amides is 1. The Bertz CT molecular complexity index is 1430. The van der Waals surface area contributed by atoms with Gasteiger partial charge in [0, 0.05) is 5.56 Å². The lowest BCUT2D eigenvalue weighted by Gasteiger charge is -2.24. The molecule has 9 nitrogen and oxygen atoms in total. The topological polar surface area (TPSA) is 156 Å². The molecule has 32 heavy (non-hydrogen) atoms. The molecule has 1 atom stereocenters. The minimum absolute atomic E-state index is 0.314. The van der Waals surface area contributed by atoms with Crippen molar-refractivity contribution < 1.29 is 26.4 Å². The van der Waals surface area contributed by atoms with Crippen molar-refractivity contribution in [3.63, 3.8) is 0 Å². The quantitative estimate of drug-likeness (QED) is 0.609. The number of aromatic nitrogens is 3. The fraction of sp³-hybridized carbons (Fsp3) is 0.211. The van der Waals surface area contributed by atoms with E-state index in [2.05, 4.69) is 10.2 Å². The lowest BCUT2D eigenvalue weighted by atomic mass is 9.81. The highest BCUT2D eigenvalue weighted by Gasteiger charge is 2.47. The summed E-state index contributed by atoms with van der Waals surface area (Å²) < 4.78 is 62.8. The molecule has 0 radical (unpaired) electrons. The van der Waals surface area contributed by atoms with E-state index in [-0.39, 0.29) is 17.7 Å². The number of hydrogen-bond acceptors (Lipinski definition) is 7. The Hall–Kier alpha value is -3.97. The summed E-state index contributed by atoms with van der Waals surface area (Å²) in [5.74, 6) is -1.06. The van der Waals surface area contributed by atoms with Crippen molar-refractivity contribution in [3.05, 3.63) is 53.1 Å². The van der Waals surface area contributed by atoms with Crippen LogP contribution < -0.4 is 5.73 Å². The first-order valence-electron chi connectivity index (χ1n) is 8.74. The second-order valence-electron chi connectivity index (χ2n) is 7.01. The fourth-order valence-corrected chi connectivity index (χ4v) is 3.85. The molecule has 0 saturated heterocycles. The number of carbonyl (C=O) groups excluding carboxylic acids is 1. The molecule has 1 aromatic heterocycles. The molecule has 0 bridgehead atoms. The number of fused-ring (bicyclic) bond motifs is 1. The highest BCUT2D eigenvalue weighted by molar-refractivity contribution is 7.92. The van der Waals surface area contributed by atoms with Crippen LogP contribution in [0.25, 0.3) is 11.0 Å². The fourth-order valence-electron chi connectivity index (χ4n) is 3.06. The number of nitrogens with two attached hydrogens (primary N) is 1. The van der Waals surface area contributed by atoms with Gasteiger partial charge in [-0.25, -0.2) is 8.42 Å². The van der Waals surface area contributed by atoms with E-state index in [4.69, 9.17) is 11.0 Å². The van der Waals surface area contributed by atoms with E-state index >= 15 is 0 Å². The van der Waals surface area contributed by atoms with Crippen molar-refractivity contribution in [1.29, 1.82) is 10.5 Å². The summed E-state index contributed by atoms with van der Waals surface area (Å²) >= 11 is 0. The second-order valence-corrected chi connectivity index (χ2v) is 8.95. The average Bonchev–Trinajstić information content (AvgIpc) is 3.13. The normalized spacial score (nSPS) is 13.8. The molecule has 0 aliphatic rings. The summed E-state index contributed by atoms with van der Waals surface area (Å²) in [5, 5.41) is 27.1. The average molecular weight is 462 g/mol. The highest BCUT2D eigenvalue weighted by Crippen LogP contribution is 2.35. The van der Waals surface area contributed by atoms with Gasteiger partial charge in [0.15, 0.2) is 0 Å². The van der Waals surface area contributed by atoms with E-state index in [1.807, 2.05) is 12.1 Å². The largest absolute Gasteiger partial charge is 0.501 e. The molecule has 1 unspecified atom stereocenters. The summed E-state index contributed by atoms with van der Waals surface area (Å²) in [5.41, 5.74) is -1.64. The number of nitrogens with zero attached hydrogens (tertiary/aromatic N) is 5. The van der Waals surface area contributed by atoms with Gasteiger partial charge >= 0.3 is 5.51 Å². The van der Waals surface area contributed by atoms with Gasteiger partial charge in [-0.05, 0) is 48.9 Å². The Labute approximate surface area is 179 Å². The molecule has 0 aliphatic heterocycles. The van der Waals surface area contributed by atoms with Gasteiger partial charge in [0.25, 0.3) is 9.84 Å². The van der Waals surface area contributed by atoms with Crippen LogP contribution in [0, 0.1) is 22.7 Å². The predicted octanol–water partition coefficient (Wildman–Crippen LogP) is 2.18. The van der Waals surface area contributed by atoms with E-state index in [1.54, 1.807) is 0 Å². The van der Waals surface area contributed by atoms with Crippen molar-refractivity contribution in [1.82, 2.24) is 15.0 Å². The number of carbonyl (C=O) groups is 1. The smallest absolute Gasteiger partial charge is 0.366 e. The van der Waals surface area contributed by atoms with Crippen LogP contribution in [0.4, 0.5) is 13.2 Å². The Morgan fingerprint density at radius 2 is 1.78 bits per heavy atom. The van der Waals surface area contributed by atoms with Gasteiger partial charge in [-0.3, -0.25) is 4.79 Å². The Morgan fingerprint density at radius 1 is 1.12 bits per heavy atom. The zero-order valence-electron chi connectivity index (χ0n) is 16.3. The lowest BCUT2D eigenvalue weighted by Crippen LogP contribution is -2.32. The summed E-state index contributed by atoms with van der Waals surface area (Å²) in [4.78, 5) is 11.8. The van der Waals surface area contributed by atoms with Gasteiger partial charge < -0.3 is 5.73 Å². The zero-order valence-corrected chi connectivity index (χ0v) is 17.1. The number of amides is 1. The first kappa shape index (κ1) is 22.7. The molecule has 3 aromatic rings. The zero-order chi connectivity index (χ0) is 23.9. The standard InChI is InChI=1S/C19H13F3N6O3S/c1-18(9-24,10-28-26-15-5-2-11(8-23)6-16(15)27-28)14-7-12(3-4-13(14)17(25)29)32(30,31)19(20,21)22/h2-7H,10H2,1H3,(H2,25,29). The van der Waals surface area contributed by atoms with E-state index in [1.165, 1.54) is 25.1 Å². The van der Waals surface area contributed by atoms with E-state index in [0.29, 0.717) is 28.7 Å². The molecule has 0 fully saturated rings. The van der Waals surface area contributed by atoms with E-state index < -0.39 is 31.6 Å². The number of rotatable bonds is 5. The van der Waals surface area contributed by atoms with Crippen molar-refractivity contribution in [3.8, 4) is 12.1 Å². The van der Waals surface area contributed by atoms with Gasteiger partial charge in [0.05, 0.1) is 29.1 Å². The minimum atomic E-state index is -5.74. The van der Waals surface area contributed by atoms with Gasteiger partial charge in [0.2, 0.25) is 5.91 Å². The van der Waals surface area contributed by atoms with E-state index in [9.17, 15) is 31.6 Å². The number of benzene rings is 2. The molecular weight excluding hydrogens is 449 g/mol. The third-order valence-corrected chi connectivity index (χ3v) is 6.21. The third-order valence-electron chi connectivity index (χ3n) is 4.72. The summed E-state index contributed by atoms with van der Waals surface area (Å²) in [6.07, 6.45) is 0. The SMILES string of the molecule is CC(C#N)(Cn1nc2ccc(C#N)cc2n1)c1cc(S(=O)(=O)C(F)(F)F)ccc1C(N)=O. The first-order valence-corrected chi connectivity index (χ1v) is 10.2. The van der Waals surface area contributed by atoms with E-state index in [0.717, 1.165) is 10.9 Å². The number of sulfone groups is 1. The van der Waals surface area contributed by atoms with Gasteiger partial charge in [0.1, 0.15) is 16.4 Å². The van der Waals surface area contributed by atoms with Crippen LogP contribution in [0.2, 0.25) is 0 Å². The predicted molar refractivity (Wildman–Crippen MR) is 103 cm³/mol. The minimum Gasteiger partial charge on any atom is -0.366 e. The number of hydrogen-bond donors (Lipinski definition) is 1. The number of nitriles is 2. The Balaban J connectivity index is 2.16. The monoisotopic (exact) mass is 462 g/mol. The maximum atomic E-state index is 13.0. The van der Waals surface area contributed by atoms with Crippen molar-refractivity contribution in [2.75, 3.05) is 0 Å². The molecule has 0 aliphatic carbocycles. The van der Waals surface area contributed by atoms with Crippen molar-refractivity contribution in [2.24, 2.45) is 5.73 Å². The molecule has 2 aromatic carbocycles. The van der Waals surface area contributed by atoms with Crippen LogP contribution in [0.3, 0.4) is 0 Å². The maximum absolute atomic E-state index is 13.0. The Morgan fingerprint density at radius 3 is 2.34 bits per heavy atom. The van der Waals surface area contributed by atoms with Gasteiger partial charge in [-0.2, -0.15) is 38.7 Å².